The number of aromatic amines is 1. The van der Waals surface area contributed by atoms with E-state index in [0.717, 1.165) is 35.7 Å². The van der Waals surface area contributed by atoms with Crippen LogP contribution in [0.1, 0.15) is 29.3 Å². The summed E-state index contributed by atoms with van der Waals surface area (Å²) in [7, 11) is 1.63. The molecule has 2 heterocycles. The molecule has 1 fully saturated rings. The molecule has 31 heavy (non-hydrogen) atoms. The SMILES string of the molecule is COc1ccc(CC(=O)N2CCC(c3cc(CCOc4cccc(F)c4)[nH]n3)C2)cc1. The monoisotopic (exact) mass is 423 g/mol. The number of likely N-dealkylation sites (tertiary alicyclic amines) is 1. The quantitative estimate of drug-likeness (QED) is 0.599. The molecule has 1 unspecified atom stereocenters. The van der Waals surface area contributed by atoms with E-state index in [1.807, 2.05) is 35.2 Å². The van der Waals surface area contributed by atoms with Crippen molar-refractivity contribution >= 4 is 5.91 Å². The van der Waals surface area contributed by atoms with E-state index in [1.54, 1.807) is 19.2 Å². The van der Waals surface area contributed by atoms with Crippen LogP contribution in [-0.4, -0.2) is 47.8 Å². The Morgan fingerprint density at radius 3 is 2.81 bits per heavy atom. The third kappa shape index (κ3) is 5.42. The van der Waals surface area contributed by atoms with Crippen LogP contribution in [-0.2, 0) is 17.6 Å². The average molecular weight is 423 g/mol. The van der Waals surface area contributed by atoms with Crippen LogP contribution in [0.5, 0.6) is 11.5 Å². The number of aromatic nitrogens is 2. The van der Waals surface area contributed by atoms with Gasteiger partial charge >= 0.3 is 0 Å². The fourth-order valence-electron chi connectivity index (χ4n) is 3.81. The van der Waals surface area contributed by atoms with Gasteiger partial charge in [-0.1, -0.05) is 18.2 Å². The van der Waals surface area contributed by atoms with Gasteiger partial charge in [-0.15, -0.1) is 0 Å². The zero-order valence-electron chi connectivity index (χ0n) is 17.5. The van der Waals surface area contributed by atoms with Gasteiger partial charge in [0.25, 0.3) is 0 Å². The second kappa shape index (κ2) is 9.64. The van der Waals surface area contributed by atoms with Crippen molar-refractivity contribution in [3.05, 3.63) is 77.4 Å². The zero-order valence-corrected chi connectivity index (χ0v) is 17.5. The molecule has 7 heteroatoms. The number of nitrogens with one attached hydrogen (secondary N) is 1. The predicted octanol–water partition coefficient (Wildman–Crippen LogP) is 3.74. The van der Waals surface area contributed by atoms with Gasteiger partial charge in [-0.25, -0.2) is 4.39 Å². The van der Waals surface area contributed by atoms with Gasteiger partial charge in [0.15, 0.2) is 0 Å². The second-order valence-electron chi connectivity index (χ2n) is 7.72. The van der Waals surface area contributed by atoms with Gasteiger partial charge in [0.05, 0.1) is 25.8 Å². The lowest BCUT2D eigenvalue weighted by Crippen LogP contribution is -2.29. The molecule has 1 aliphatic heterocycles. The third-order valence-electron chi connectivity index (χ3n) is 5.56. The van der Waals surface area contributed by atoms with E-state index < -0.39 is 0 Å². The lowest BCUT2D eigenvalue weighted by Gasteiger charge is -2.16. The van der Waals surface area contributed by atoms with Crippen LogP contribution in [0.2, 0.25) is 0 Å². The molecule has 1 N–H and O–H groups in total. The van der Waals surface area contributed by atoms with Crippen molar-refractivity contribution in [2.24, 2.45) is 0 Å². The average Bonchev–Trinajstić information content (AvgIpc) is 3.44. The Labute approximate surface area is 181 Å². The Balaban J connectivity index is 1.26. The molecule has 0 radical (unpaired) electrons. The van der Waals surface area contributed by atoms with Crippen LogP contribution < -0.4 is 9.47 Å². The number of amides is 1. The molecule has 1 amide bonds. The number of ether oxygens (including phenoxy) is 2. The largest absolute Gasteiger partial charge is 0.497 e. The number of rotatable bonds is 8. The van der Waals surface area contributed by atoms with E-state index in [2.05, 4.69) is 10.2 Å². The van der Waals surface area contributed by atoms with Gasteiger partial charge in [-0.05, 0) is 42.3 Å². The molecule has 0 spiro atoms. The number of nitrogens with zero attached hydrogens (tertiary/aromatic N) is 2. The molecule has 1 saturated heterocycles. The molecular weight excluding hydrogens is 397 g/mol. The highest BCUT2D eigenvalue weighted by atomic mass is 19.1. The minimum absolute atomic E-state index is 0.131. The Hall–Kier alpha value is -3.35. The van der Waals surface area contributed by atoms with Gasteiger partial charge < -0.3 is 14.4 Å². The number of carbonyl (C=O) groups is 1. The van der Waals surface area contributed by atoms with Crippen LogP contribution in [0.3, 0.4) is 0 Å². The number of benzene rings is 2. The Bertz CT molecular complexity index is 1020. The lowest BCUT2D eigenvalue weighted by atomic mass is 10.0. The minimum Gasteiger partial charge on any atom is -0.497 e. The van der Waals surface area contributed by atoms with E-state index in [9.17, 15) is 9.18 Å². The van der Waals surface area contributed by atoms with E-state index in [0.29, 0.717) is 31.7 Å². The highest BCUT2D eigenvalue weighted by Crippen LogP contribution is 2.27. The first-order valence-electron chi connectivity index (χ1n) is 10.4. The van der Waals surface area contributed by atoms with Crippen LogP contribution in [0.25, 0.3) is 0 Å². The topological polar surface area (TPSA) is 67.4 Å². The number of hydrogen-bond donors (Lipinski definition) is 1. The first kappa shape index (κ1) is 20.9. The summed E-state index contributed by atoms with van der Waals surface area (Å²) >= 11 is 0. The summed E-state index contributed by atoms with van der Waals surface area (Å²) in [5, 5.41) is 7.50. The summed E-state index contributed by atoms with van der Waals surface area (Å²) in [5.41, 5.74) is 2.92. The Kier molecular flexibility index (Phi) is 6.50. The van der Waals surface area contributed by atoms with Crippen LogP contribution in [0.15, 0.2) is 54.6 Å². The summed E-state index contributed by atoms with van der Waals surface area (Å²) < 4.78 is 24.0. The molecular formula is C24H26FN3O3. The maximum absolute atomic E-state index is 13.2. The van der Waals surface area contributed by atoms with Gasteiger partial charge in [0, 0.05) is 37.2 Å². The predicted molar refractivity (Wildman–Crippen MR) is 115 cm³/mol. The fourth-order valence-corrected chi connectivity index (χ4v) is 3.81. The number of methoxy groups -OCH3 is 1. The molecule has 2 aromatic carbocycles. The molecule has 0 bridgehead atoms. The molecule has 1 atom stereocenters. The number of halogens is 1. The van der Waals surface area contributed by atoms with E-state index in [4.69, 9.17) is 9.47 Å². The van der Waals surface area contributed by atoms with E-state index in [-0.39, 0.29) is 17.6 Å². The first-order chi connectivity index (χ1) is 15.1. The van der Waals surface area contributed by atoms with Crippen molar-refractivity contribution in [1.29, 1.82) is 0 Å². The van der Waals surface area contributed by atoms with E-state index >= 15 is 0 Å². The van der Waals surface area contributed by atoms with Crippen molar-refractivity contribution in [2.75, 3.05) is 26.8 Å². The fraction of sp³-hybridized carbons (Fsp3) is 0.333. The van der Waals surface area contributed by atoms with Crippen LogP contribution in [0.4, 0.5) is 4.39 Å². The van der Waals surface area contributed by atoms with Gasteiger partial charge in [-0.2, -0.15) is 5.10 Å². The minimum atomic E-state index is -0.311. The van der Waals surface area contributed by atoms with Crippen molar-refractivity contribution in [2.45, 2.75) is 25.2 Å². The molecule has 4 rings (SSSR count). The Morgan fingerprint density at radius 2 is 2.03 bits per heavy atom. The highest BCUT2D eigenvalue weighted by molar-refractivity contribution is 5.79. The molecule has 0 aliphatic carbocycles. The summed E-state index contributed by atoms with van der Waals surface area (Å²) in [6, 6.07) is 15.8. The normalized spacial score (nSPS) is 15.8. The van der Waals surface area contributed by atoms with Crippen LogP contribution >= 0.6 is 0 Å². The van der Waals surface area contributed by atoms with Crippen molar-refractivity contribution in [1.82, 2.24) is 15.1 Å². The van der Waals surface area contributed by atoms with Gasteiger partial charge in [0.2, 0.25) is 5.91 Å². The molecule has 0 saturated carbocycles. The smallest absolute Gasteiger partial charge is 0.227 e. The zero-order chi connectivity index (χ0) is 21.6. The van der Waals surface area contributed by atoms with Gasteiger partial charge in [0.1, 0.15) is 17.3 Å². The maximum atomic E-state index is 13.2. The van der Waals surface area contributed by atoms with E-state index in [1.165, 1.54) is 12.1 Å². The Morgan fingerprint density at radius 1 is 1.19 bits per heavy atom. The molecule has 1 aromatic heterocycles. The van der Waals surface area contributed by atoms with Crippen molar-refractivity contribution in [3.63, 3.8) is 0 Å². The summed E-state index contributed by atoms with van der Waals surface area (Å²) in [6.07, 6.45) is 1.94. The summed E-state index contributed by atoms with van der Waals surface area (Å²) in [6.45, 7) is 1.85. The molecule has 1 aliphatic rings. The molecule has 162 valence electrons. The number of H-pyrrole nitrogens is 1. The van der Waals surface area contributed by atoms with Crippen molar-refractivity contribution < 1.29 is 18.7 Å². The summed E-state index contributed by atoms with van der Waals surface area (Å²) in [4.78, 5) is 14.6. The van der Waals surface area contributed by atoms with Crippen LogP contribution in [0, 0.1) is 5.82 Å². The van der Waals surface area contributed by atoms with Crippen molar-refractivity contribution in [3.8, 4) is 11.5 Å². The lowest BCUT2D eigenvalue weighted by molar-refractivity contribution is -0.129. The third-order valence-corrected chi connectivity index (χ3v) is 5.56. The maximum Gasteiger partial charge on any atom is 0.227 e. The number of carbonyl (C=O) groups excluding carboxylic acids is 1. The standard InChI is InChI=1S/C24H26FN3O3/c1-30-21-7-5-17(6-8-21)13-24(29)28-11-9-18(16-28)23-15-20(26-27-23)10-12-31-22-4-2-3-19(25)14-22/h2-8,14-15,18H,9-13,16H2,1H3,(H,26,27). The second-order valence-corrected chi connectivity index (χ2v) is 7.72. The summed E-state index contributed by atoms with van der Waals surface area (Å²) in [5.74, 6) is 1.35. The molecule has 3 aromatic rings. The molecule has 6 nitrogen and oxygen atoms in total. The number of hydrogen-bond acceptors (Lipinski definition) is 4. The highest BCUT2D eigenvalue weighted by Gasteiger charge is 2.28. The van der Waals surface area contributed by atoms with Gasteiger partial charge in [-0.3, -0.25) is 9.89 Å². The first-order valence-corrected chi connectivity index (χ1v) is 10.4.